The van der Waals surface area contributed by atoms with Gasteiger partial charge in [-0.1, -0.05) is 33.1 Å². The second-order valence-corrected chi connectivity index (χ2v) is 7.38. The summed E-state index contributed by atoms with van der Waals surface area (Å²) in [6.45, 7) is 5.77. The lowest BCUT2D eigenvalue weighted by molar-refractivity contribution is -0.165. The van der Waals surface area contributed by atoms with Crippen molar-refractivity contribution >= 4 is 18.0 Å². The molecule has 1 aliphatic carbocycles. The highest BCUT2D eigenvalue weighted by atomic mass is 16.7. The van der Waals surface area contributed by atoms with Crippen LogP contribution in [-0.4, -0.2) is 36.0 Å². The molecule has 0 saturated heterocycles. The monoisotopic (exact) mass is 357 g/mol. The predicted molar refractivity (Wildman–Crippen MR) is 91.9 cm³/mol. The summed E-state index contributed by atoms with van der Waals surface area (Å²) in [4.78, 5) is 34.6. The fourth-order valence-corrected chi connectivity index (χ4v) is 3.17. The molecule has 0 spiro atoms. The number of ether oxygens (including phenoxy) is 2. The molecule has 1 aliphatic rings. The Bertz CT molecular complexity index is 456. The number of hydrogen-bond donors (Lipinski definition) is 2. The molecular formula is C18H31NO6. The van der Waals surface area contributed by atoms with E-state index in [1.807, 2.05) is 13.8 Å². The van der Waals surface area contributed by atoms with Crippen LogP contribution in [0.1, 0.15) is 72.1 Å². The molecule has 25 heavy (non-hydrogen) atoms. The Hall–Kier alpha value is -1.79. The summed E-state index contributed by atoms with van der Waals surface area (Å²) in [5.41, 5.74) is -0.416. The van der Waals surface area contributed by atoms with Gasteiger partial charge < -0.3 is 19.9 Å². The van der Waals surface area contributed by atoms with Gasteiger partial charge in [0.25, 0.3) is 0 Å². The molecule has 1 rings (SSSR count). The van der Waals surface area contributed by atoms with Crippen molar-refractivity contribution in [1.29, 1.82) is 0 Å². The van der Waals surface area contributed by atoms with E-state index in [1.165, 1.54) is 6.92 Å². The molecule has 7 heteroatoms. The van der Waals surface area contributed by atoms with E-state index in [4.69, 9.17) is 14.6 Å². The molecule has 1 unspecified atom stereocenters. The number of nitrogens with one attached hydrogen (secondary N) is 1. The van der Waals surface area contributed by atoms with Crippen molar-refractivity contribution in [2.75, 3.05) is 6.54 Å². The summed E-state index contributed by atoms with van der Waals surface area (Å²) in [5, 5.41) is 11.8. The molecule has 1 atom stereocenters. The summed E-state index contributed by atoms with van der Waals surface area (Å²) in [6.07, 6.45) is 3.95. The number of hydrogen-bond acceptors (Lipinski definition) is 5. The van der Waals surface area contributed by atoms with Gasteiger partial charge >= 0.3 is 18.0 Å². The van der Waals surface area contributed by atoms with Crippen molar-refractivity contribution in [1.82, 2.24) is 5.32 Å². The van der Waals surface area contributed by atoms with Crippen molar-refractivity contribution in [3.8, 4) is 0 Å². The standard InChI is InChI=1S/C18H31NO6/c1-13(2)7-8-16(22)24-14(3)25-17(23)19-12-18(11-15(20)21)9-5-4-6-10-18/h13-14H,4-12H2,1-3H3,(H,19,23)(H,20,21). The topological polar surface area (TPSA) is 102 Å². The van der Waals surface area contributed by atoms with E-state index in [0.29, 0.717) is 5.92 Å². The van der Waals surface area contributed by atoms with Gasteiger partial charge in [0.1, 0.15) is 0 Å². The third-order valence-corrected chi connectivity index (χ3v) is 4.54. The van der Waals surface area contributed by atoms with Gasteiger partial charge in [-0.25, -0.2) is 4.79 Å². The summed E-state index contributed by atoms with van der Waals surface area (Å²) in [6, 6.07) is 0. The van der Waals surface area contributed by atoms with Crippen LogP contribution in [0.15, 0.2) is 0 Å². The van der Waals surface area contributed by atoms with Gasteiger partial charge in [-0.3, -0.25) is 9.59 Å². The maximum Gasteiger partial charge on any atom is 0.410 e. The number of carbonyl (C=O) groups is 3. The highest BCUT2D eigenvalue weighted by molar-refractivity contribution is 5.71. The maximum absolute atomic E-state index is 11.9. The van der Waals surface area contributed by atoms with Crippen LogP contribution in [0.3, 0.4) is 0 Å². The number of carboxylic acid groups (broad SMARTS) is 1. The van der Waals surface area contributed by atoms with E-state index >= 15 is 0 Å². The summed E-state index contributed by atoms with van der Waals surface area (Å²) < 4.78 is 10.1. The lowest BCUT2D eigenvalue weighted by Crippen LogP contribution is -2.41. The molecule has 1 saturated carbocycles. The van der Waals surface area contributed by atoms with Crippen LogP contribution < -0.4 is 5.32 Å². The summed E-state index contributed by atoms with van der Waals surface area (Å²) in [7, 11) is 0. The highest BCUT2D eigenvalue weighted by Crippen LogP contribution is 2.38. The molecule has 0 radical (unpaired) electrons. The van der Waals surface area contributed by atoms with Crippen LogP contribution in [0.2, 0.25) is 0 Å². The minimum atomic E-state index is -0.971. The zero-order valence-electron chi connectivity index (χ0n) is 15.5. The second kappa shape index (κ2) is 10.3. The number of rotatable bonds is 9. The van der Waals surface area contributed by atoms with Crippen LogP contribution in [0.4, 0.5) is 4.79 Å². The molecule has 1 fully saturated rings. The van der Waals surface area contributed by atoms with E-state index in [0.717, 1.165) is 38.5 Å². The molecule has 7 nitrogen and oxygen atoms in total. The molecule has 144 valence electrons. The SMILES string of the molecule is CC(C)CCC(=O)OC(C)OC(=O)NCC1(CC(=O)O)CCCCC1. The van der Waals surface area contributed by atoms with Crippen molar-refractivity contribution in [3.63, 3.8) is 0 Å². The molecule has 1 amide bonds. The van der Waals surface area contributed by atoms with Gasteiger partial charge in [0.2, 0.25) is 6.29 Å². The van der Waals surface area contributed by atoms with Gasteiger partial charge in [0, 0.05) is 19.9 Å². The Morgan fingerprint density at radius 3 is 2.28 bits per heavy atom. The van der Waals surface area contributed by atoms with E-state index in [-0.39, 0.29) is 19.4 Å². The van der Waals surface area contributed by atoms with Gasteiger partial charge in [-0.2, -0.15) is 0 Å². The average Bonchev–Trinajstić information content (AvgIpc) is 2.51. The Balaban J connectivity index is 2.38. The zero-order valence-corrected chi connectivity index (χ0v) is 15.5. The van der Waals surface area contributed by atoms with Gasteiger partial charge in [0.05, 0.1) is 6.42 Å². The maximum atomic E-state index is 11.9. The third-order valence-electron chi connectivity index (χ3n) is 4.54. The number of amides is 1. The predicted octanol–water partition coefficient (Wildman–Crippen LogP) is 3.46. The quantitative estimate of drug-likeness (QED) is 0.484. The summed E-state index contributed by atoms with van der Waals surface area (Å²) >= 11 is 0. The lowest BCUT2D eigenvalue weighted by atomic mass is 9.72. The molecule has 0 aromatic heterocycles. The van der Waals surface area contributed by atoms with Gasteiger partial charge in [-0.05, 0) is 30.6 Å². The molecule has 0 heterocycles. The minimum absolute atomic E-state index is 0.0347. The highest BCUT2D eigenvalue weighted by Gasteiger charge is 2.35. The fourth-order valence-electron chi connectivity index (χ4n) is 3.17. The van der Waals surface area contributed by atoms with E-state index in [9.17, 15) is 14.4 Å². The number of carboxylic acids is 1. The zero-order chi connectivity index (χ0) is 18.9. The molecule has 2 N–H and O–H groups in total. The van der Waals surface area contributed by atoms with Crippen molar-refractivity contribution in [2.45, 2.75) is 78.4 Å². The number of aliphatic carboxylic acids is 1. The van der Waals surface area contributed by atoms with Crippen LogP contribution in [0.25, 0.3) is 0 Å². The Morgan fingerprint density at radius 2 is 1.72 bits per heavy atom. The first-order valence-electron chi connectivity index (χ1n) is 9.08. The first-order chi connectivity index (χ1) is 11.7. The molecular weight excluding hydrogens is 326 g/mol. The Kier molecular flexibility index (Phi) is 8.72. The number of carbonyl (C=O) groups excluding carboxylic acids is 2. The van der Waals surface area contributed by atoms with Crippen LogP contribution in [-0.2, 0) is 19.1 Å². The largest absolute Gasteiger partial charge is 0.481 e. The first kappa shape index (κ1) is 21.3. The van der Waals surface area contributed by atoms with Crippen molar-refractivity contribution < 1.29 is 29.0 Å². The van der Waals surface area contributed by atoms with Gasteiger partial charge in [0.15, 0.2) is 0 Å². The number of esters is 1. The average molecular weight is 357 g/mol. The Labute approximate surface area is 149 Å². The number of alkyl carbamates (subject to hydrolysis) is 1. The lowest BCUT2D eigenvalue weighted by Gasteiger charge is -2.36. The molecule has 0 aromatic rings. The molecule has 0 bridgehead atoms. The molecule has 0 aliphatic heterocycles. The third kappa shape index (κ3) is 8.74. The second-order valence-electron chi connectivity index (χ2n) is 7.38. The van der Waals surface area contributed by atoms with Crippen LogP contribution in [0, 0.1) is 11.3 Å². The van der Waals surface area contributed by atoms with Crippen LogP contribution in [0.5, 0.6) is 0 Å². The molecule has 0 aromatic carbocycles. The van der Waals surface area contributed by atoms with E-state index < -0.39 is 29.7 Å². The van der Waals surface area contributed by atoms with Crippen LogP contribution >= 0.6 is 0 Å². The van der Waals surface area contributed by atoms with Gasteiger partial charge in [-0.15, -0.1) is 0 Å². The van der Waals surface area contributed by atoms with Crippen molar-refractivity contribution in [2.24, 2.45) is 11.3 Å². The van der Waals surface area contributed by atoms with E-state index in [2.05, 4.69) is 5.32 Å². The van der Waals surface area contributed by atoms with E-state index in [1.54, 1.807) is 0 Å². The fraction of sp³-hybridized carbons (Fsp3) is 0.833. The summed E-state index contributed by atoms with van der Waals surface area (Å²) in [5.74, 6) is -0.860. The first-order valence-corrected chi connectivity index (χ1v) is 9.08. The normalized spacial score (nSPS) is 17.6. The smallest absolute Gasteiger partial charge is 0.410 e. The Morgan fingerprint density at radius 1 is 1.08 bits per heavy atom. The minimum Gasteiger partial charge on any atom is -0.481 e. The van der Waals surface area contributed by atoms with Crippen molar-refractivity contribution in [3.05, 3.63) is 0 Å².